The first kappa shape index (κ1) is 5.43. The van der Waals surface area contributed by atoms with Crippen molar-refractivity contribution in [2.24, 2.45) is 0 Å². The van der Waals surface area contributed by atoms with Crippen molar-refractivity contribution in [3.63, 3.8) is 0 Å². The third kappa shape index (κ3) is 1.33. The largest absolute Gasteiger partial charge is 0.153 e. The first-order valence-electron chi connectivity index (χ1n) is 2.00. The van der Waals surface area contributed by atoms with Gasteiger partial charge in [0.15, 0.2) is 0 Å². The van der Waals surface area contributed by atoms with Gasteiger partial charge in [0.05, 0.1) is 0 Å². The van der Waals surface area contributed by atoms with Crippen LogP contribution in [0.1, 0.15) is 27.1 Å². The molecule has 0 N–H and O–H groups in total. The van der Waals surface area contributed by atoms with Crippen LogP contribution in [-0.2, 0) is 0 Å². The summed E-state index contributed by atoms with van der Waals surface area (Å²) in [7, 11) is 0. The van der Waals surface area contributed by atoms with Crippen molar-refractivity contribution in [3.05, 3.63) is 0 Å². The molecule has 0 aliphatic heterocycles. The Hall–Kier alpha value is 0.430. The van der Waals surface area contributed by atoms with E-state index in [2.05, 4.69) is 0 Å². The van der Waals surface area contributed by atoms with Gasteiger partial charge in [-0.05, 0) is 0 Å². The Kier molecular flexibility index (Phi) is 2.88. The van der Waals surface area contributed by atoms with Crippen LogP contribution in [0.2, 0.25) is 0 Å². The van der Waals surface area contributed by atoms with E-state index in [-0.39, 0.29) is 11.3 Å². The maximum atomic E-state index is 1.50. The van der Waals surface area contributed by atoms with Gasteiger partial charge < -0.3 is 0 Å². The van der Waals surface area contributed by atoms with Crippen molar-refractivity contribution < 1.29 is 1.43 Å². The Morgan fingerprint density at radius 3 is 1.00 bits per heavy atom. The fourth-order valence-corrected chi connectivity index (χ4v) is 0.250. The van der Waals surface area contributed by atoms with Crippen LogP contribution in [0, 0.1) is 0 Å². The molecule has 0 spiro atoms. The van der Waals surface area contributed by atoms with E-state index in [1.54, 1.807) is 0 Å². The van der Waals surface area contributed by atoms with Crippen molar-refractivity contribution >= 4 is 9.90 Å². The number of rotatable bonds is 0. The molecule has 0 bridgehead atoms. The van der Waals surface area contributed by atoms with Crippen molar-refractivity contribution in [3.8, 4) is 0 Å². The highest BCUT2D eigenvalue weighted by Gasteiger charge is 1.95. The average Bonchev–Trinajstić information content (AvgIpc) is 0.722. The van der Waals surface area contributed by atoms with Gasteiger partial charge in [-0.25, -0.2) is 0 Å². The number of hydrogen-bond donors (Lipinski definition) is 0. The normalized spacial score (nSPS) is 19.2. The van der Waals surface area contributed by atoms with E-state index in [4.69, 9.17) is 0 Å². The van der Waals surface area contributed by atoms with Gasteiger partial charge in [0.25, 0.3) is 0 Å². The third-order valence-electron chi connectivity index (χ3n) is 1.000. The Morgan fingerprint density at radius 1 is 0.800 bits per heavy atom. The molecule has 1 radical (unpaired) electrons. The molecule has 5 heavy (non-hydrogen) atoms. The molecule has 0 heterocycles. The zero-order valence-electron chi connectivity index (χ0n) is 4.54. The summed E-state index contributed by atoms with van der Waals surface area (Å²) < 4.78 is 0. The highest BCUT2D eigenvalue weighted by molar-refractivity contribution is 6.92. The monoisotopic (exact) mass is 91.1 g/mol. The van der Waals surface area contributed by atoms with Gasteiger partial charge in [0.1, 0.15) is 0 Å². The molecule has 1 saturated carbocycles. The van der Waals surface area contributed by atoms with Crippen LogP contribution < -0.4 is 0 Å². The predicted octanol–water partition coefficient (Wildman–Crippen LogP) is 1.73. The molecule has 1 atom stereocenters. The molecular formula is C4H12P. The maximum Gasteiger partial charge on any atom is 0 e. The quantitative estimate of drug-likeness (QED) is 0.398. The first-order chi connectivity index (χ1) is 2.00. The molecule has 0 aromatic rings. The van der Waals surface area contributed by atoms with Gasteiger partial charge >= 0.3 is 0 Å². The van der Waals surface area contributed by atoms with Gasteiger partial charge in [-0.15, -0.1) is 0 Å². The minimum atomic E-state index is 0. The second kappa shape index (κ2) is 2.66. The molecule has 1 heteroatoms. The third-order valence-corrected chi connectivity index (χ3v) is 1.000. The lowest BCUT2D eigenvalue weighted by molar-refractivity contribution is 0.504. The molecule has 1 fully saturated rings. The molecule has 33 valence electrons. The Labute approximate surface area is 38.1 Å². The molecule has 1 aliphatic carbocycles. The van der Waals surface area contributed by atoms with E-state index in [1.165, 1.54) is 25.7 Å². The van der Waals surface area contributed by atoms with E-state index in [0.29, 0.717) is 0 Å². The lowest BCUT2D eigenvalue weighted by Crippen LogP contribution is -1.85. The fourth-order valence-electron chi connectivity index (χ4n) is 0.250. The molecule has 0 aromatic heterocycles. The molecule has 1 aliphatic rings. The summed E-state index contributed by atoms with van der Waals surface area (Å²) in [5.74, 6) is 0. The van der Waals surface area contributed by atoms with Crippen LogP contribution in [0.4, 0.5) is 0 Å². The van der Waals surface area contributed by atoms with E-state index in [9.17, 15) is 0 Å². The lowest BCUT2D eigenvalue weighted by Gasteiger charge is -2.05. The van der Waals surface area contributed by atoms with Crippen molar-refractivity contribution in [1.29, 1.82) is 0 Å². The summed E-state index contributed by atoms with van der Waals surface area (Å²) in [6.07, 6.45) is 6.00. The van der Waals surface area contributed by atoms with Crippen LogP contribution in [-0.4, -0.2) is 0 Å². The average molecular weight is 91.1 g/mol. The summed E-state index contributed by atoms with van der Waals surface area (Å²) in [6, 6.07) is 0. The first-order valence-corrected chi connectivity index (χ1v) is 2.00. The lowest BCUT2D eigenvalue weighted by atomic mass is 10.0. The van der Waals surface area contributed by atoms with E-state index in [1.807, 2.05) is 0 Å². The highest BCUT2D eigenvalue weighted by atomic mass is 31.0. The summed E-state index contributed by atoms with van der Waals surface area (Å²) in [5.41, 5.74) is 0. The van der Waals surface area contributed by atoms with Gasteiger partial charge in [0.2, 0.25) is 0 Å². The smallest absolute Gasteiger partial charge is 0 e. The van der Waals surface area contributed by atoms with E-state index >= 15 is 0 Å². The molecule has 1 rings (SSSR count). The van der Waals surface area contributed by atoms with Crippen LogP contribution in [0.3, 0.4) is 0 Å². The number of hydrogen-bond acceptors (Lipinski definition) is 0. The Bertz CT molecular complexity index is 15.5. The van der Waals surface area contributed by atoms with Crippen LogP contribution in [0.15, 0.2) is 0 Å². The van der Waals surface area contributed by atoms with Crippen LogP contribution >= 0.6 is 9.90 Å². The van der Waals surface area contributed by atoms with E-state index in [0.717, 1.165) is 0 Å². The topological polar surface area (TPSA) is 0 Å². The second-order valence-corrected chi connectivity index (χ2v) is 1.41. The van der Waals surface area contributed by atoms with Crippen LogP contribution in [0.5, 0.6) is 0 Å². The van der Waals surface area contributed by atoms with Gasteiger partial charge in [-0.1, -0.05) is 25.7 Å². The Morgan fingerprint density at radius 2 is 1.00 bits per heavy atom. The van der Waals surface area contributed by atoms with Gasteiger partial charge in [-0.3, -0.25) is 0 Å². The minimum absolute atomic E-state index is 0. The fraction of sp³-hybridized carbons (Fsp3) is 1.00. The molecular weight excluding hydrogens is 79.0 g/mol. The van der Waals surface area contributed by atoms with Crippen molar-refractivity contribution in [2.45, 2.75) is 25.7 Å². The summed E-state index contributed by atoms with van der Waals surface area (Å²) in [4.78, 5) is 0. The van der Waals surface area contributed by atoms with Gasteiger partial charge in [-0.2, -0.15) is 9.90 Å². The van der Waals surface area contributed by atoms with Crippen molar-refractivity contribution in [2.75, 3.05) is 0 Å². The minimum Gasteiger partial charge on any atom is -0.153 e. The summed E-state index contributed by atoms with van der Waals surface area (Å²) >= 11 is 0. The zero-order valence-corrected chi connectivity index (χ0v) is 4.95. The predicted molar refractivity (Wildman–Crippen MR) is 30.7 cm³/mol. The van der Waals surface area contributed by atoms with E-state index < -0.39 is 0 Å². The maximum absolute atomic E-state index is 1.50. The molecule has 0 saturated heterocycles. The molecule has 0 aromatic carbocycles. The van der Waals surface area contributed by atoms with Crippen LogP contribution in [0.25, 0.3) is 0 Å². The zero-order chi connectivity index (χ0) is 2.83. The molecule has 0 amide bonds. The summed E-state index contributed by atoms with van der Waals surface area (Å²) in [5, 5.41) is 0. The SMILES string of the molecule is C1CCC1.P.[H]. The second-order valence-electron chi connectivity index (χ2n) is 1.41. The standard InChI is InChI=1S/C4H8.H3P.H/c1-2-4-3-1;;/h1-4H2;1H3;. The Balaban J connectivity index is 0. The molecule has 0 nitrogen and oxygen atoms in total. The van der Waals surface area contributed by atoms with Gasteiger partial charge in [0, 0.05) is 1.43 Å². The highest BCUT2D eigenvalue weighted by Crippen LogP contribution is 2.15. The summed E-state index contributed by atoms with van der Waals surface area (Å²) in [6.45, 7) is 0. The van der Waals surface area contributed by atoms with Crippen molar-refractivity contribution in [1.82, 2.24) is 0 Å². The molecule has 1 unspecified atom stereocenters.